The van der Waals surface area contributed by atoms with Gasteiger partial charge in [-0.1, -0.05) is 25.8 Å². The molecule has 0 fully saturated rings. The minimum Gasteiger partial charge on any atom is -0.388 e. The normalized spacial score (nSPS) is 19.5. The SMILES string of the molecule is CCCCC(O)C1=CCCC1=O. The van der Waals surface area contributed by atoms with Crippen molar-refractivity contribution in [1.29, 1.82) is 0 Å². The summed E-state index contributed by atoms with van der Waals surface area (Å²) in [6.07, 6.45) is 5.58. The number of Topliss-reactive ketones (excluding diaryl/α,β-unsaturated/α-hetero) is 1. The van der Waals surface area contributed by atoms with E-state index in [9.17, 15) is 9.90 Å². The number of hydrogen-bond acceptors (Lipinski definition) is 2. The lowest BCUT2D eigenvalue weighted by molar-refractivity contribution is -0.115. The molecule has 0 heterocycles. The Hall–Kier alpha value is -0.630. The van der Waals surface area contributed by atoms with Gasteiger partial charge in [0, 0.05) is 12.0 Å². The number of ketones is 1. The summed E-state index contributed by atoms with van der Waals surface area (Å²) in [5, 5.41) is 9.56. The number of unbranched alkanes of at least 4 members (excludes halogenated alkanes) is 1. The van der Waals surface area contributed by atoms with Crippen molar-refractivity contribution in [3.63, 3.8) is 0 Å². The van der Waals surface area contributed by atoms with Crippen LogP contribution in [0.5, 0.6) is 0 Å². The van der Waals surface area contributed by atoms with Gasteiger partial charge in [0.15, 0.2) is 5.78 Å². The molecule has 1 aliphatic rings. The molecular formula is C10H16O2. The highest BCUT2D eigenvalue weighted by Gasteiger charge is 2.21. The van der Waals surface area contributed by atoms with Gasteiger partial charge in [-0.3, -0.25) is 4.79 Å². The Labute approximate surface area is 73.3 Å². The van der Waals surface area contributed by atoms with Gasteiger partial charge in [0.1, 0.15) is 0 Å². The zero-order valence-corrected chi connectivity index (χ0v) is 7.55. The number of carbonyl (C=O) groups is 1. The molecule has 1 N–H and O–H groups in total. The van der Waals surface area contributed by atoms with Crippen molar-refractivity contribution in [2.24, 2.45) is 0 Å². The maximum atomic E-state index is 11.2. The first-order chi connectivity index (χ1) is 5.75. The molecule has 0 bridgehead atoms. The van der Waals surface area contributed by atoms with Crippen molar-refractivity contribution in [3.8, 4) is 0 Å². The Bertz CT molecular complexity index is 194. The third kappa shape index (κ3) is 2.18. The summed E-state index contributed by atoms with van der Waals surface area (Å²) in [6, 6.07) is 0. The highest BCUT2D eigenvalue weighted by atomic mass is 16.3. The molecule has 0 aliphatic heterocycles. The van der Waals surface area contributed by atoms with E-state index in [0.29, 0.717) is 12.0 Å². The van der Waals surface area contributed by atoms with Gasteiger partial charge in [-0.2, -0.15) is 0 Å². The van der Waals surface area contributed by atoms with E-state index in [-0.39, 0.29) is 5.78 Å². The maximum absolute atomic E-state index is 11.2. The molecule has 0 spiro atoms. The Morgan fingerprint density at radius 1 is 1.67 bits per heavy atom. The van der Waals surface area contributed by atoms with E-state index in [1.54, 1.807) is 0 Å². The second-order valence-electron chi connectivity index (χ2n) is 3.28. The fraction of sp³-hybridized carbons (Fsp3) is 0.700. The molecule has 12 heavy (non-hydrogen) atoms. The highest BCUT2D eigenvalue weighted by molar-refractivity contribution is 5.98. The minimum atomic E-state index is -0.500. The average Bonchev–Trinajstić information content (AvgIpc) is 2.47. The first-order valence-corrected chi connectivity index (χ1v) is 4.67. The van der Waals surface area contributed by atoms with E-state index in [4.69, 9.17) is 0 Å². The van der Waals surface area contributed by atoms with Crippen molar-refractivity contribution in [1.82, 2.24) is 0 Å². The van der Waals surface area contributed by atoms with Gasteiger partial charge in [0.2, 0.25) is 0 Å². The summed E-state index contributed by atoms with van der Waals surface area (Å²) < 4.78 is 0. The lowest BCUT2D eigenvalue weighted by Gasteiger charge is -2.09. The largest absolute Gasteiger partial charge is 0.388 e. The second kappa shape index (κ2) is 4.41. The first-order valence-electron chi connectivity index (χ1n) is 4.67. The molecule has 0 saturated heterocycles. The number of carbonyl (C=O) groups excluding carboxylic acids is 1. The van der Waals surface area contributed by atoms with Crippen molar-refractivity contribution in [2.45, 2.75) is 45.1 Å². The average molecular weight is 168 g/mol. The third-order valence-electron chi connectivity index (χ3n) is 2.25. The smallest absolute Gasteiger partial charge is 0.161 e. The van der Waals surface area contributed by atoms with Crippen LogP contribution in [-0.2, 0) is 4.79 Å². The van der Waals surface area contributed by atoms with Gasteiger partial charge < -0.3 is 5.11 Å². The summed E-state index contributed by atoms with van der Waals surface area (Å²) in [4.78, 5) is 11.2. The van der Waals surface area contributed by atoms with Crippen molar-refractivity contribution in [2.75, 3.05) is 0 Å². The van der Waals surface area contributed by atoms with Gasteiger partial charge in [0.25, 0.3) is 0 Å². The van der Waals surface area contributed by atoms with Gasteiger partial charge >= 0.3 is 0 Å². The molecule has 0 aromatic rings. The number of allylic oxidation sites excluding steroid dienone is 1. The molecule has 1 atom stereocenters. The van der Waals surface area contributed by atoms with E-state index in [0.717, 1.165) is 25.7 Å². The standard InChI is InChI=1S/C10H16O2/c1-2-3-6-9(11)8-5-4-7-10(8)12/h5,9,11H,2-4,6-7H2,1H3. The molecular weight excluding hydrogens is 152 g/mol. The summed E-state index contributed by atoms with van der Waals surface area (Å²) in [5.74, 6) is 0.138. The van der Waals surface area contributed by atoms with Crippen LogP contribution < -0.4 is 0 Å². The Morgan fingerprint density at radius 2 is 2.42 bits per heavy atom. The molecule has 1 rings (SSSR count). The fourth-order valence-electron chi connectivity index (χ4n) is 1.49. The van der Waals surface area contributed by atoms with Gasteiger partial charge in [-0.25, -0.2) is 0 Å². The van der Waals surface area contributed by atoms with Crippen LogP contribution in [0.25, 0.3) is 0 Å². The van der Waals surface area contributed by atoms with Crippen LogP contribution in [-0.4, -0.2) is 17.0 Å². The summed E-state index contributed by atoms with van der Waals surface area (Å²) in [5.41, 5.74) is 0.656. The predicted octanol–water partition coefficient (Wildman–Crippen LogP) is 1.83. The fourth-order valence-corrected chi connectivity index (χ4v) is 1.49. The van der Waals surface area contributed by atoms with E-state index >= 15 is 0 Å². The monoisotopic (exact) mass is 168 g/mol. The topological polar surface area (TPSA) is 37.3 Å². The summed E-state index contributed by atoms with van der Waals surface area (Å²) in [6.45, 7) is 2.08. The Kier molecular flexibility index (Phi) is 3.48. The van der Waals surface area contributed by atoms with Crippen LogP contribution in [0.1, 0.15) is 39.0 Å². The molecule has 0 radical (unpaired) electrons. The molecule has 0 amide bonds. The van der Waals surface area contributed by atoms with Crippen LogP contribution in [0, 0.1) is 0 Å². The van der Waals surface area contributed by atoms with E-state index < -0.39 is 6.10 Å². The third-order valence-corrected chi connectivity index (χ3v) is 2.25. The molecule has 0 saturated carbocycles. The lowest BCUT2D eigenvalue weighted by Crippen LogP contribution is -2.14. The summed E-state index contributed by atoms with van der Waals surface area (Å²) >= 11 is 0. The zero-order valence-electron chi connectivity index (χ0n) is 7.55. The molecule has 68 valence electrons. The number of aliphatic hydroxyl groups excluding tert-OH is 1. The Balaban J connectivity index is 2.41. The van der Waals surface area contributed by atoms with E-state index in [1.165, 1.54) is 0 Å². The quantitative estimate of drug-likeness (QED) is 0.695. The van der Waals surface area contributed by atoms with Crippen LogP contribution in [0.3, 0.4) is 0 Å². The van der Waals surface area contributed by atoms with E-state index in [1.807, 2.05) is 6.08 Å². The number of aliphatic hydroxyl groups is 1. The zero-order chi connectivity index (χ0) is 8.97. The van der Waals surface area contributed by atoms with Crippen molar-refractivity contribution >= 4 is 5.78 Å². The molecule has 0 aromatic carbocycles. The lowest BCUT2D eigenvalue weighted by atomic mass is 10.0. The summed E-state index contributed by atoms with van der Waals surface area (Å²) in [7, 11) is 0. The molecule has 0 aromatic heterocycles. The number of hydrogen-bond donors (Lipinski definition) is 1. The van der Waals surface area contributed by atoms with E-state index in [2.05, 4.69) is 6.92 Å². The molecule has 1 aliphatic carbocycles. The molecule has 2 nitrogen and oxygen atoms in total. The minimum absolute atomic E-state index is 0.138. The maximum Gasteiger partial charge on any atom is 0.161 e. The molecule has 2 heteroatoms. The van der Waals surface area contributed by atoms with Crippen LogP contribution >= 0.6 is 0 Å². The predicted molar refractivity (Wildman–Crippen MR) is 47.9 cm³/mol. The van der Waals surface area contributed by atoms with Gasteiger partial charge in [0.05, 0.1) is 6.10 Å². The van der Waals surface area contributed by atoms with Gasteiger partial charge in [-0.15, -0.1) is 0 Å². The Morgan fingerprint density at radius 3 is 2.92 bits per heavy atom. The van der Waals surface area contributed by atoms with Crippen LogP contribution in [0.4, 0.5) is 0 Å². The first kappa shape index (κ1) is 9.46. The highest BCUT2D eigenvalue weighted by Crippen LogP contribution is 2.20. The number of rotatable bonds is 4. The van der Waals surface area contributed by atoms with Crippen molar-refractivity contribution < 1.29 is 9.90 Å². The van der Waals surface area contributed by atoms with Crippen molar-refractivity contribution in [3.05, 3.63) is 11.6 Å². The van der Waals surface area contributed by atoms with Gasteiger partial charge in [-0.05, 0) is 12.8 Å². The van der Waals surface area contributed by atoms with Crippen LogP contribution in [0.2, 0.25) is 0 Å². The second-order valence-corrected chi connectivity index (χ2v) is 3.28. The molecule has 1 unspecified atom stereocenters. The van der Waals surface area contributed by atoms with Crippen LogP contribution in [0.15, 0.2) is 11.6 Å².